The molecular weight excluding hydrogens is 293 g/mol. The molecular formula is C16H16NNaO2S. The average Bonchev–Trinajstić information content (AvgIpc) is 2.40. The van der Waals surface area contributed by atoms with E-state index in [9.17, 15) is 4.79 Å². The number of thiocarbonyl (C=S) groups is 1. The Morgan fingerprint density at radius 1 is 1.14 bits per heavy atom. The molecule has 0 atom stereocenters. The number of nitrogens with two attached hydrogens (primary N) is 1. The SMILES string of the molecule is Cc1ccccc1C(=S)c1cccc(CC(=O)O)c1N.[NaH]. The number of nitrogen functional groups attached to an aromatic ring is 1. The van der Waals surface area contributed by atoms with Crippen molar-refractivity contribution in [1.82, 2.24) is 0 Å². The molecule has 3 N–H and O–H groups in total. The van der Waals surface area contributed by atoms with Crippen LogP contribution in [-0.2, 0) is 11.2 Å². The molecule has 0 aliphatic rings. The van der Waals surface area contributed by atoms with Crippen LogP contribution in [0.3, 0.4) is 0 Å². The Balaban J connectivity index is 0.00000220. The van der Waals surface area contributed by atoms with Crippen LogP contribution in [0.4, 0.5) is 5.69 Å². The third-order valence-electron chi connectivity index (χ3n) is 3.17. The quantitative estimate of drug-likeness (QED) is 0.394. The third kappa shape index (κ3) is 4.14. The first kappa shape index (κ1) is 17.9. The Morgan fingerprint density at radius 2 is 1.76 bits per heavy atom. The molecule has 0 bridgehead atoms. The van der Waals surface area contributed by atoms with Crippen molar-refractivity contribution in [2.45, 2.75) is 13.3 Å². The predicted octanol–water partition coefficient (Wildman–Crippen LogP) is 2.32. The maximum absolute atomic E-state index is 10.8. The molecule has 0 unspecified atom stereocenters. The fourth-order valence-electron chi connectivity index (χ4n) is 2.10. The number of carboxylic acids is 1. The van der Waals surface area contributed by atoms with Crippen molar-refractivity contribution in [2.24, 2.45) is 0 Å². The number of carboxylic acid groups (broad SMARTS) is 1. The van der Waals surface area contributed by atoms with E-state index in [-0.39, 0.29) is 36.0 Å². The zero-order valence-corrected chi connectivity index (χ0v) is 11.9. The van der Waals surface area contributed by atoms with Gasteiger partial charge in [0.1, 0.15) is 0 Å². The number of aryl methyl sites for hydroxylation is 1. The standard InChI is InChI=1S/C16H15NO2S.Na.H/c1-10-5-2-3-7-12(10)16(20)13-8-4-6-11(15(13)17)9-14(18)19;;/h2-8H,9,17H2,1H3,(H,18,19);;. The van der Waals surface area contributed by atoms with E-state index in [1.54, 1.807) is 12.1 Å². The summed E-state index contributed by atoms with van der Waals surface area (Å²) in [6, 6.07) is 13.1. The van der Waals surface area contributed by atoms with Crippen LogP contribution in [0, 0.1) is 6.92 Å². The monoisotopic (exact) mass is 309 g/mol. The van der Waals surface area contributed by atoms with Gasteiger partial charge in [-0.2, -0.15) is 0 Å². The zero-order chi connectivity index (χ0) is 14.7. The second-order valence-corrected chi connectivity index (χ2v) is 5.00. The van der Waals surface area contributed by atoms with Crippen LogP contribution in [0.5, 0.6) is 0 Å². The molecule has 0 spiro atoms. The summed E-state index contributed by atoms with van der Waals surface area (Å²) in [6.07, 6.45) is -0.101. The molecule has 0 saturated heterocycles. The summed E-state index contributed by atoms with van der Waals surface area (Å²) >= 11 is 5.51. The Bertz CT molecular complexity index is 686. The first-order valence-corrected chi connectivity index (χ1v) is 6.61. The van der Waals surface area contributed by atoms with Gasteiger partial charge in [-0.1, -0.05) is 54.7 Å². The Labute approximate surface area is 151 Å². The van der Waals surface area contributed by atoms with Crippen molar-refractivity contribution in [3.63, 3.8) is 0 Å². The number of hydrogen-bond donors (Lipinski definition) is 2. The average molecular weight is 309 g/mol. The van der Waals surface area contributed by atoms with Gasteiger partial charge in [0, 0.05) is 11.3 Å². The van der Waals surface area contributed by atoms with Crippen LogP contribution >= 0.6 is 12.2 Å². The second-order valence-electron chi connectivity index (χ2n) is 4.59. The van der Waals surface area contributed by atoms with Crippen LogP contribution in [0.25, 0.3) is 0 Å². The van der Waals surface area contributed by atoms with Gasteiger partial charge in [-0.25, -0.2) is 0 Å². The van der Waals surface area contributed by atoms with Gasteiger partial charge in [0.05, 0.1) is 11.3 Å². The van der Waals surface area contributed by atoms with Gasteiger partial charge in [-0.3, -0.25) is 4.79 Å². The van der Waals surface area contributed by atoms with Crippen LogP contribution < -0.4 is 5.73 Å². The number of rotatable bonds is 4. The summed E-state index contributed by atoms with van der Waals surface area (Å²) in [7, 11) is 0. The molecule has 0 amide bonds. The third-order valence-corrected chi connectivity index (χ3v) is 3.61. The molecule has 2 rings (SSSR count). The number of benzene rings is 2. The summed E-state index contributed by atoms with van der Waals surface area (Å²) in [5.41, 5.74) is 9.84. The van der Waals surface area contributed by atoms with E-state index < -0.39 is 5.97 Å². The van der Waals surface area contributed by atoms with Gasteiger partial charge >= 0.3 is 35.5 Å². The van der Waals surface area contributed by atoms with E-state index in [2.05, 4.69) is 0 Å². The van der Waals surface area contributed by atoms with Crippen molar-refractivity contribution < 1.29 is 9.90 Å². The van der Waals surface area contributed by atoms with E-state index in [0.717, 1.165) is 11.1 Å². The summed E-state index contributed by atoms with van der Waals surface area (Å²) in [6.45, 7) is 1.99. The molecule has 0 aliphatic heterocycles. The number of hydrogen-bond acceptors (Lipinski definition) is 3. The minimum absolute atomic E-state index is 0. The summed E-state index contributed by atoms with van der Waals surface area (Å²) in [5, 5.41) is 8.89. The van der Waals surface area contributed by atoms with Crippen LogP contribution in [0.1, 0.15) is 22.3 Å². The molecule has 21 heavy (non-hydrogen) atoms. The molecule has 0 aromatic heterocycles. The van der Waals surface area contributed by atoms with Crippen molar-refractivity contribution in [3.05, 3.63) is 64.7 Å². The number of para-hydroxylation sites is 1. The molecule has 0 fully saturated rings. The molecule has 2 aromatic rings. The molecule has 0 radical (unpaired) electrons. The number of aliphatic carboxylic acids is 1. The minimum atomic E-state index is -0.907. The van der Waals surface area contributed by atoms with E-state index in [1.165, 1.54) is 0 Å². The normalized spacial score (nSPS) is 9.76. The van der Waals surface area contributed by atoms with Crippen molar-refractivity contribution in [3.8, 4) is 0 Å². The number of carbonyl (C=O) groups is 1. The van der Waals surface area contributed by atoms with Crippen molar-refractivity contribution in [1.29, 1.82) is 0 Å². The van der Waals surface area contributed by atoms with Crippen molar-refractivity contribution in [2.75, 3.05) is 5.73 Å². The summed E-state index contributed by atoms with van der Waals surface area (Å²) in [5.74, 6) is -0.907. The van der Waals surface area contributed by atoms with Gasteiger partial charge < -0.3 is 10.8 Å². The molecule has 3 nitrogen and oxygen atoms in total. The first-order valence-electron chi connectivity index (χ1n) is 6.20. The Morgan fingerprint density at radius 3 is 2.38 bits per heavy atom. The van der Waals surface area contributed by atoms with E-state index >= 15 is 0 Å². The van der Waals surface area contributed by atoms with Gasteiger partial charge in [0.2, 0.25) is 0 Å². The van der Waals surface area contributed by atoms with Crippen LogP contribution in [0.15, 0.2) is 42.5 Å². The molecule has 104 valence electrons. The van der Waals surface area contributed by atoms with Crippen molar-refractivity contribution >= 4 is 58.3 Å². The molecule has 2 aromatic carbocycles. The second kappa shape index (κ2) is 7.71. The first-order chi connectivity index (χ1) is 9.50. The molecule has 0 saturated carbocycles. The fourth-order valence-corrected chi connectivity index (χ4v) is 2.51. The van der Waals surface area contributed by atoms with E-state index in [1.807, 2.05) is 37.3 Å². The molecule has 5 heteroatoms. The predicted molar refractivity (Wildman–Crippen MR) is 91.3 cm³/mol. The summed E-state index contributed by atoms with van der Waals surface area (Å²) in [4.78, 5) is 11.5. The van der Waals surface area contributed by atoms with Gasteiger partial charge in [-0.15, -0.1) is 0 Å². The summed E-state index contributed by atoms with van der Waals surface area (Å²) < 4.78 is 0. The Kier molecular flexibility index (Phi) is 6.55. The fraction of sp³-hybridized carbons (Fsp3) is 0.125. The zero-order valence-electron chi connectivity index (χ0n) is 11.1. The Hall–Kier alpha value is -1.20. The maximum atomic E-state index is 10.8. The molecule has 0 heterocycles. The van der Waals surface area contributed by atoms with Gasteiger partial charge in [-0.05, 0) is 23.6 Å². The van der Waals surface area contributed by atoms with E-state index in [4.69, 9.17) is 23.1 Å². The van der Waals surface area contributed by atoms with Gasteiger partial charge in [0.15, 0.2) is 0 Å². The van der Waals surface area contributed by atoms with E-state index in [0.29, 0.717) is 21.7 Å². The van der Waals surface area contributed by atoms with Gasteiger partial charge in [0.25, 0.3) is 0 Å². The topological polar surface area (TPSA) is 63.3 Å². The van der Waals surface area contributed by atoms with Crippen LogP contribution in [0.2, 0.25) is 0 Å². The van der Waals surface area contributed by atoms with Crippen LogP contribution in [-0.4, -0.2) is 45.5 Å². The molecule has 0 aliphatic carbocycles. The number of anilines is 1.